The first-order valence-corrected chi connectivity index (χ1v) is 1.45. The highest BCUT2D eigenvalue weighted by Gasteiger charge is 1.95. The topological polar surface area (TPSA) is 52.0 Å². The molecule has 0 aromatic rings. The fourth-order valence-electron chi connectivity index (χ4n) is 0. The Labute approximate surface area is 39.3 Å². The second-order valence-electron chi connectivity index (χ2n) is 0.545. The molecule has 0 aliphatic rings. The van der Waals surface area contributed by atoms with Crippen molar-refractivity contribution in [3.63, 3.8) is 0 Å². The molecule has 0 unspecified atom stereocenters. The molecule has 0 saturated heterocycles. The quantitative estimate of drug-likeness (QED) is 0.375. The molecule has 5 heteroatoms. The number of hydrogen-bond acceptors (Lipinski definition) is 2. The van der Waals surface area contributed by atoms with E-state index in [4.69, 9.17) is 0 Å². The van der Waals surface area contributed by atoms with Crippen molar-refractivity contribution in [2.45, 2.75) is 6.43 Å². The molecule has 46 valence electrons. The summed E-state index contributed by atoms with van der Waals surface area (Å²) >= 11 is 0. The van der Waals surface area contributed by atoms with E-state index >= 15 is 0 Å². The van der Waals surface area contributed by atoms with Gasteiger partial charge in [0, 0.05) is 0 Å². The van der Waals surface area contributed by atoms with Crippen LogP contribution in [0.3, 0.4) is 0 Å². The Morgan fingerprint density at radius 2 is 1.43 bits per heavy atom. The number of rotatable bonds is 1. The highest BCUT2D eigenvalue weighted by atomic mass is 19.3. The maximum absolute atomic E-state index is 10.4. The average Bonchev–Trinajstić information content (AvgIpc) is 1.73. The third-order valence-corrected chi connectivity index (χ3v) is 0.117. The van der Waals surface area contributed by atoms with Gasteiger partial charge in [0.25, 0.3) is 6.43 Å². The van der Waals surface area contributed by atoms with E-state index in [0.717, 1.165) is 0 Å². The van der Waals surface area contributed by atoms with Crippen molar-refractivity contribution < 1.29 is 13.2 Å². The smallest absolute Gasteiger partial charge is 0.266 e. The van der Waals surface area contributed by atoms with Crippen molar-refractivity contribution in [2.24, 2.45) is 11.7 Å². The first kappa shape index (κ1) is 9.86. The summed E-state index contributed by atoms with van der Waals surface area (Å²) in [5, 5.41) is 0. The Balaban J connectivity index is 0. The lowest BCUT2D eigenvalue weighted by atomic mass is 10.8. The summed E-state index contributed by atoms with van der Waals surface area (Å²) < 4.78 is 31.1. The normalized spacial score (nSPS) is 7.71. The minimum Gasteiger partial charge on any atom is -0.274 e. The molecule has 4 N–H and O–H groups in total. The molecule has 0 amide bonds. The molecule has 0 atom stereocenters. The van der Waals surface area contributed by atoms with Gasteiger partial charge in [0.1, 0.15) is 0 Å². The van der Waals surface area contributed by atoms with Crippen molar-refractivity contribution in [3.05, 3.63) is 0 Å². The van der Waals surface area contributed by atoms with E-state index in [2.05, 4.69) is 11.7 Å². The zero-order chi connectivity index (χ0) is 6.28. The Kier molecular flexibility index (Phi) is 13.0. The Bertz CT molecular complexity index is 24.9. The number of alkyl halides is 3. The van der Waals surface area contributed by atoms with E-state index in [-0.39, 0.29) is 0 Å². The van der Waals surface area contributed by atoms with Crippen LogP contribution in [-0.4, -0.2) is 13.1 Å². The fraction of sp³-hybridized carbons (Fsp3) is 1.00. The van der Waals surface area contributed by atoms with Crippen molar-refractivity contribution in [3.8, 4) is 0 Å². The molecule has 0 bridgehead atoms. The minimum atomic E-state index is -2.78. The molecule has 0 rings (SSSR count). The summed E-state index contributed by atoms with van der Waals surface area (Å²) in [5.41, 5.74) is 0. The van der Waals surface area contributed by atoms with Crippen LogP contribution < -0.4 is 11.7 Å². The Hall–Kier alpha value is -0.290. The predicted molar refractivity (Wildman–Crippen MR) is 20.4 cm³/mol. The van der Waals surface area contributed by atoms with Gasteiger partial charge in [0.15, 0.2) is 6.67 Å². The molecule has 0 radical (unpaired) electrons. The first-order chi connectivity index (χ1) is 3.27. The van der Waals surface area contributed by atoms with Crippen LogP contribution in [0.4, 0.5) is 13.2 Å². The molecule has 0 aromatic carbocycles. The highest BCUT2D eigenvalue weighted by Crippen LogP contribution is 1.88. The molecule has 0 aromatic heterocycles. The van der Waals surface area contributed by atoms with Gasteiger partial charge < -0.3 is 0 Å². The van der Waals surface area contributed by atoms with Gasteiger partial charge in [0.05, 0.1) is 0 Å². The standard InChI is InChI=1S/C2H3F3.H4N2/c3-1-2(4)5;1-2/h2H,1H2;1-2H2. The van der Waals surface area contributed by atoms with Crippen LogP contribution in [0, 0.1) is 0 Å². The highest BCUT2D eigenvalue weighted by molar-refractivity contribution is 4.23. The van der Waals surface area contributed by atoms with Crippen LogP contribution in [0.25, 0.3) is 0 Å². The summed E-state index contributed by atoms with van der Waals surface area (Å²) in [7, 11) is 0. The van der Waals surface area contributed by atoms with Gasteiger partial charge in [-0.25, -0.2) is 13.2 Å². The Morgan fingerprint density at radius 3 is 1.43 bits per heavy atom. The van der Waals surface area contributed by atoms with Crippen molar-refractivity contribution in [2.75, 3.05) is 6.67 Å². The fourth-order valence-corrected chi connectivity index (χ4v) is 0. The van der Waals surface area contributed by atoms with Crippen LogP contribution in [0.5, 0.6) is 0 Å². The summed E-state index contributed by atoms with van der Waals surface area (Å²) in [4.78, 5) is 0. The van der Waals surface area contributed by atoms with Crippen molar-refractivity contribution in [1.82, 2.24) is 0 Å². The van der Waals surface area contributed by atoms with Gasteiger partial charge in [0.2, 0.25) is 0 Å². The zero-order valence-electron chi connectivity index (χ0n) is 3.57. The Morgan fingerprint density at radius 1 is 1.29 bits per heavy atom. The van der Waals surface area contributed by atoms with Crippen molar-refractivity contribution in [1.29, 1.82) is 0 Å². The first-order valence-electron chi connectivity index (χ1n) is 1.45. The molecule has 0 fully saturated rings. The largest absolute Gasteiger partial charge is 0.274 e. The van der Waals surface area contributed by atoms with Crippen LogP contribution in [-0.2, 0) is 0 Å². The third-order valence-electron chi connectivity index (χ3n) is 0.117. The van der Waals surface area contributed by atoms with Gasteiger partial charge in [-0.1, -0.05) is 0 Å². The molecule has 0 aliphatic carbocycles. The summed E-state index contributed by atoms with van der Waals surface area (Å²) in [6, 6.07) is 0. The van der Waals surface area contributed by atoms with E-state index in [1.54, 1.807) is 0 Å². The van der Waals surface area contributed by atoms with Crippen LogP contribution in [0.2, 0.25) is 0 Å². The molecular weight excluding hydrogens is 109 g/mol. The molecule has 0 heterocycles. The zero-order valence-corrected chi connectivity index (χ0v) is 3.57. The molecule has 0 spiro atoms. The number of nitrogens with two attached hydrogens (primary N) is 2. The third kappa shape index (κ3) is 26.9. The molecular formula is C2H7F3N2. The lowest BCUT2D eigenvalue weighted by molar-refractivity contribution is 0.113. The minimum absolute atomic E-state index is 1.53. The van der Waals surface area contributed by atoms with Crippen LogP contribution in [0.15, 0.2) is 0 Å². The monoisotopic (exact) mass is 116 g/mol. The summed E-state index contributed by atoms with van der Waals surface area (Å²) in [6.45, 7) is -1.53. The number of halogens is 3. The predicted octanol–water partition coefficient (Wildman–Crippen LogP) is 0.0398. The maximum atomic E-state index is 10.4. The maximum Gasteiger partial charge on any atom is 0.266 e. The van der Waals surface area contributed by atoms with Gasteiger partial charge in [-0.3, -0.25) is 11.7 Å². The second kappa shape index (κ2) is 9.20. The van der Waals surface area contributed by atoms with Crippen LogP contribution in [0.1, 0.15) is 0 Å². The number of hydrogen-bond donors (Lipinski definition) is 2. The van der Waals surface area contributed by atoms with Gasteiger partial charge in [-0.15, -0.1) is 0 Å². The van der Waals surface area contributed by atoms with Crippen LogP contribution >= 0.6 is 0 Å². The van der Waals surface area contributed by atoms with Gasteiger partial charge in [-0.2, -0.15) is 0 Å². The lowest BCUT2D eigenvalue weighted by Crippen LogP contribution is -2.02. The summed E-state index contributed by atoms with van der Waals surface area (Å²) in [5.74, 6) is 8.00. The van der Waals surface area contributed by atoms with E-state index in [1.807, 2.05) is 0 Å². The van der Waals surface area contributed by atoms with E-state index < -0.39 is 13.1 Å². The molecule has 0 saturated carbocycles. The molecule has 2 nitrogen and oxygen atoms in total. The number of hydrazine groups is 1. The van der Waals surface area contributed by atoms with E-state index in [0.29, 0.717) is 0 Å². The van der Waals surface area contributed by atoms with E-state index in [1.165, 1.54) is 0 Å². The molecule has 0 aliphatic heterocycles. The summed E-state index contributed by atoms with van der Waals surface area (Å²) in [6.07, 6.45) is -2.78. The van der Waals surface area contributed by atoms with Gasteiger partial charge in [-0.05, 0) is 0 Å². The average molecular weight is 116 g/mol. The molecule has 7 heavy (non-hydrogen) atoms. The van der Waals surface area contributed by atoms with E-state index in [9.17, 15) is 13.2 Å². The second-order valence-corrected chi connectivity index (χ2v) is 0.545. The van der Waals surface area contributed by atoms with Crippen molar-refractivity contribution >= 4 is 0 Å². The lowest BCUT2D eigenvalue weighted by Gasteiger charge is -1.78. The SMILES string of the molecule is FCC(F)F.NN. The van der Waals surface area contributed by atoms with Gasteiger partial charge >= 0.3 is 0 Å².